The molecule has 1 unspecified atom stereocenters. The lowest BCUT2D eigenvalue weighted by atomic mass is 9.66. The smallest absolute Gasteiger partial charge is 0.249 e. The third-order valence-electron chi connectivity index (χ3n) is 5.91. The van der Waals surface area contributed by atoms with E-state index in [0.717, 1.165) is 70.6 Å². The van der Waals surface area contributed by atoms with Gasteiger partial charge < -0.3 is 14.4 Å². The van der Waals surface area contributed by atoms with Crippen molar-refractivity contribution in [3.63, 3.8) is 0 Å². The summed E-state index contributed by atoms with van der Waals surface area (Å²) in [5, 5.41) is 0. The fraction of sp³-hybridized carbons (Fsp3) is 0.833. The summed E-state index contributed by atoms with van der Waals surface area (Å²) in [6.45, 7) is 4.25. The molecule has 1 atom stereocenters. The maximum atomic E-state index is 12.6. The van der Waals surface area contributed by atoms with Crippen LogP contribution in [0, 0.1) is 11.3 Å². The molecule has 2 fully saturated rings. The second-order valence-corrected chi connectivity index (χ2v) is 7.11. The van der Waals surface area contributed by atoms with Crippen molar-refractivity contribution in [2.24, 2.45) is 11.3 Å². The fourth-order valence-electron chi connectivity index (χ4n) is 4.36. The van der Waals surface area contributed by atoms with Crippen LogP contribution >= 0.6 is 0 Å². The molecule has 4 nitrogen and oxygen atoms in total. The van der Waals surface area contributed by atoms with E-state index in [4.69, 9.17) is 9.47 Å². The van der Waals surface area contributed by atoms with Gasteiger partial charge in [-0.15, -0.1) is 0 Å². The molecule has 0 N–H and O–H groups in total. The van der Waals surface area contributed by atoms with Gasteiger partial charge in [0, 0.05) is 38.3 Å². The minimum Gasteiger partial charge on any atom is -0.384 e. The molecule has 0 saturated carbocycles. The van der Waals surface area contributed by atoms with Crippen molar-refractivity contribution in [1.82, 2.24) is 4.90 Å². The molecule has 0 radical (unpaired) electrons. The number of carbonyl (C=O) groups is 1. The molecule has 3 aliphatic rings. The van der Waals surface area contributed by atoms with Crippen molar-refractivity contribution in [1.29, 1.82) is 0 Å². The number of carbonyl (C=O) groups excluding carboxylic acids is 1. The fourth-order valence-corrected chi connectivity index (χ4v) is 4.36. The molecule has 4 heteroatoms. The summed E-state index contributed by atoms with van der Waals surface area (Å²) >= 11 is 0. The van der Waals surface area contributed by atoms with Crippen LogP contribution in [0.1, 0.15) is 44.9 Å². The van der Waals surface area contributed by atoms with E-state index in [1.807, 2.05) is 0 Å². The molecule has 1 spiro atoms. The third-order valence-corrected chi connectivity index (χ3v) is 5.91. The lowest BCUT2D eigenvalue weighted by molar-refractivity contribution is -0.134. The lowest BCUT2D eigenvalue weighted by Crippen LogP contribution is -2.50. The maximum absolute atomic E-state index is 12.6. The van der Waals surface area contributed by atoms with Crippen LogP contribution in [0.3, 0.4) is 0 Å². The molecule has 2 saturated heterocycles. The Morgan fingerprint density at radius 3 is 2.86 bits per heavy atom. The summed E-state index contributed by atoms with van der Waals surface area (Å²) in [5.41, 5.74) is 1.38. The van der Waals surface area contributed by atoms with Crippen molar-refractivity contribution in [2.45, 2.75) is 44.9 Å². The maximum Gasteiger partial charge on any atom is 0.249 e. The standard InChI is InChI=1S/C18H29NO3/c1-21-13-16-14-22-12-9-18(16)7-10-19(11-8-18)17(20)15-5-3-2-4-6-15/h5,16H,2-4,6-14H2,1H3. The molecule has 2 aliphatic heterocycles. The van der Waals surface area contributed by atoms with Crippen LogP contribution < -0.4 is 0 Å². The van der Waals surface area contributed by atoms with Crippen LogP contribution in [0.4, 0.5) is 0 Å². The first kappa shape index (κ1) is 16.0. The number of allylic oxidation sites excluding steroid dienone is 1. The number of rotatable bonds is 3. The van der Waals surface area contributed by atoms with Gasteiger partial charge in [-0.2, -0.15) is 0 Å². The number of piperidine rings is 1. The van der Waals surface area contributed by atoms with E-state index in [-0.39, 0.29) is 0 Å². The van der Waals surface area contributed by atoms with Crippen LogP contribution in [0.25, 0.3) is 0 Å². The first-order valence-corrected chi connectivity index (χ1v) is 8.80. The Morgan fingerprint density at radius 1 is 1.36 bits per heavy atom. The molecular weight excluding hydrogens is 278 g/mol. The Morgan fingerprint density at radius 2 is 2.18 bits per heavy atom. The summed E-state index contributed by atoms with van der Waals surface area (Å²) in [5.74, 6) is 0.780. The molecular formula is C18H29NO3. The molecule has 0 aromatic heterocycles. The number of nitrogens with zero attached hydrogens (tertiary/aromatic N) is 1. The molecule has 3 rings (SSSR count). The predicted octanol–water partition coefficient (Wildman–Crippen LogP) is 2.78. The molecule has 2 heterocycles. The zero-order valence-corrected chi connectivity index (χ0v) is 13.8. The number of methoxy groups -OCH3 is 1. The van der Waals surface area contributed by atoms with Crippen molar-refractivity contribution < 1.29 is 14.3 Å². The summed E-state index contributed by atoms with van der Waals surface area (Å²) in [4.78, 5) is 14.7. The summed E-state index contributed by atoms with van der Waals surface area (Å²) in [6.07, 6.45) is 9.94. The van der Waals surface area contributed by atoms with Crippen LogP contribution in [0.15, 0.2) is 11.6 Å². The molecule has 0 aromatic rings. The van der Waals surface area contributed by atoms with Gasteiger partial charge in [-0.1, -0.05) is 6.08 Å². The SMILES string of the molecule is COCC1COCCC12CCN(C(=O)C1=CCCCC1)CC2. The Labute approximate surface area is 133 Å². The van der Waals surface area contributed by atoms with E-state index in [1.54, 1.807) is 7.11 Å². The Kier molecular flexibility index (Phi) is 5.19. The highest BCUT2D eigenvalue weighted by Gasteiger charge is 2.44. The highest BCUT2D eigenvalue weighted by Crippen LogP contribution is 2.45. The topological polar surface area (TPSA) is 38.8 Å². The van der Waals surface area contributed by atoms with Gasteiger partial charge >= 0.3 is 0 Å². The monoisotopic (exact) mass is 307 g/mol. The number of amides is 1. The van der Waals surface area contributed by atoms with Gasteiger partial charge in [0.05, 0.1) is 13.2 Å². The number of likely N-dealkylation sites (tertiary alicyclic amines) is 1. The van der Waals surface area contributed by atoms with Gasteiger partial charge in [-0.3, -0.25) is 4.79 Å². The van der Waals surface area contributed by atoms with Crippen LogP contribution in [-0.4, -0.2) is 50.8 Å². The van der Waals surface area contributed by atoms with E-state index in [1.165, 1.54) is 12.8 Å². The second kappa shape index (κ2) is 7.14. The zero-order valence-electron chi connectivity index (χ0n) is 13.8. The average Bonchev–Trinajstić information content (AvgIpc) is 2.58. The number of ether oxygens (including phenoxy) is 2. The van der Waals surface area contributed by atoms with E-state index in [0.29, 0.717) is 17.2 Å². The van der Waals surface area contributed by atoms with Gasteiger partial charge in [0.15, 0.2) is 0 Å². The molecule has 0 bridgehead atoms. The number of hydrogen-bond acceptors (Lipinski definition) is 3. The first-order chi connectivity index (χ1) is 10.7. The summed E-state index contributed by atoms with van der Waals surface area (Å²) in [7, 11) is 1.77. The van der Waals surface area contributed by atoms with Crippen molar-refractivity contribution >= 4 is 5.91 Å². The minimum absolute atomic E-state index is 0.296. The van der Waals surface area contributed by atoms with Crippen LogP contribution in [-0.2, 0) is 14.3 Å². The van der Waals surface area contributed by atoms with Crippen molar-refractivity contribution in [3.05, 3.63) is 11.6 Å². The Hall–Kier alpha value is -0.870. The Balaban J connectivity index is 1.61. The van der Waals surface area contributed by atoms with E-state index in [2.05, 4.69) is 11.0 Å². The molecule has 1 amide bonds. The van der Waals surface area contributed by atoms with Gasteiger partial charge in [-0.25, -0.2) is 0 Å². The summed E-state index contributed by atoms with van der Waals surface area (Å²) < 4.78 is 11.1. The van der Waals surface area contributed by atoms with E-state index >= 15 is 0 Å². The van der Waals surface area contributed by atoms with Gasteiger partial charge in [0.2, 0.25) is 5.91 Å². The van der Waals surface area contributed by atoms with Crippen molar-refractivity contribution in [3.8, 4) is 0 Å². The largest absolute Gasteiger partial charge is 0.384 e. The Bertz CT molecular complexity index is 422. The van der Waals surface area contributed by atoms with Gasteiger partial charge in [0.1, 0.15) is 0 Å². The zero-order chi connectivity index (χ0) is 15.4. The van der Waals surface area contributed by atoms with Gasteiger partial charge in [0.25, 0.3) is 0 Å². The van der Waals surface area contributed by atoms with E-state index < -0.39 is 0 Å². The summed E-state index contributed by atoms with van der Waals surface area (Å²) in [6, 6.07) is 0. The molecule has 1 aliphatic carbocycles. The first-order valence-electron chi connectivity index (χ1n) is 8.80. The predicted molar refractivity (Wildman–Crippen MR) is 85.6 cm³/mol. The minimum atomic E-state index is 0.296. The van der Waals surface area contributed by atoms with E-state index in [9.17, 15) is 4.79 Å². The second-order valence-electron chi connectivity index (χ2n) is 7.11. The molecule has 124 valence electrons. The van der Waals surface area contributed by atoms with Crippen molar-refractivity contribution in [2.75, 3.05) is 40.0 Å². The average molecular weight is 307 g/mol. The highest BCUT2D eigenvalue weighted by atomic mass is 16.5. The van der Waals surface area contributed by atoms with Crippen LogP contribution in [0.2, 0.25) is 0 Å². The quantitative estimate of drug-likeness (QED) is 0.805. The lowest BCUT2D eigenvalue weighted by Gasteiger charge is -2.49. The molecule has 0 aromatic carbocycles. The molecule has 22 heavy (non-hydrogen) atoms. The third kappa shape index (κ3) is 3.23. The normalized spacial score (nSPS) is 28.5. The van der Waals surface area contributed by atoms with Crippen LogP contribution in [0.5, 0.6) is 0 Å². The van der Waals surface area contributed by atoms with Gasteiger partial charge in [-0.05, 0) is 50.4 Å². The highest BCUT2D eigenvalue weighted by molar-refractivity contribution is 5.93. The number of hydrogen-bond donors (Lipinski definition) is 0.